The Labute approximate surface area is 273 Å². The Morgan fingerprint density at radius 3 is 1.40 bits per heavy atom. The fraction of sp³-hybridized carbons (Fsp3) is 0.273. The van der Waals surface area contributed by atoms with Gasteiger partial charge in [0, 0.05) is 23.0 Å². The number of amides is 3. The number of carbonyl (C=O) groups excluding carboxylic acids is 6. The van der Waals surface area contributed by atoms with E-state index in [1.165, 1.54) is 36.4 Å². The van der Waals surface area contributed by atoms with Crippen LogP contribution in [0.15, 0.2) is 69.6 Å². The zero-order chi connectivity index (χ0) is 34.4. The summed E-state index contributed by atoms with van der Waals surface area (Å²) < 4.78 is 16.9. The molecule has 0 aromatic heterocycles. The van der Waals surface area contributed by atoms with Gasteiger partial charge in [-0.05, 0) is 80.3 Å². The number of rotatable bonds is 10. The maximum atomic E-state index is 12.9. The minimum Gasteiger partial charge on any atom is -0.448 e. The lowest BCUT2D eigenvalue weighted by molar-refractivity contribution is -0.325. The zero-order valence-corrected chi connectivity index (χ0v) is 25.9. The van der Waals surface area contributed by atoms with Crippen LogP contribution >= 0.6 is 0 Å². The third-order valence-corrected chi connectivity index (χ3v) is 8.33. The molecule has 2 atom stereocenters. The molecule has 0 saturated heterocycles. The van der Waals surface area contributed by atoms with E-state index in [0.717, 1.165) is 0 Å². The third kappa shape index (κ3) is 6.88. The van der Waals surface area contributed by atoms with Gasteiger partial charge < -0.3 is 14.2 Å². The molecule has 3 saturated carbocycles. The third-order valence-electron chi connectivity index (χ3n) is 8.33. The summed E-state index contributed by atoms with van der Waals surface area (Å²) in [6, 6.07) is 14.2. The van der Waals surface area contributed by atoms with Gasteiger partial charge in [-0.15, -0.1) is 0 Å². The van der Waals surface area contributed by atoms with E-state index in [9.17, 15) is 28.8 Å². The van der Waals surface area contributed by atoms with Crippen LogP contribution < -0.4 is 16.0 Å². The van der Waals surface area contributed by atoms with Gasteiger partial charge in [-0.1, -0.05) is 18.2 Å². The maximum absolute atomic E-state index is 12.9. The topological polar surface area (TPSA) is 203 Å². The Morgan fingerprint density at radius 2 is 1.04 bits per heavy atom. The van der Waals surface area contributed by atoms with Gasteiger partial charge in [-0.2, -0.15) is 15.0 Å². The van der Waals surface area contributed by atoms with Crippen LogP contribution in [0.2, 0.25) is 0 Å². The maximum Gasteiger partial charge on any atom is 0.411 e. The predicted molar refractivity (Wildman–Crippen MR) is 170 cm³/mol. The highest BCUT2D eigenvalue weighted by Crippen LogP contribution is 2.67. The van der Waals surface area contributed by atoms with Gasteiger partial charge in [-0.3, -0.25) is 16.0 Å². The lowest BCUT2D eigenvalue weighted by Crippen LogP contribution is -2.80. The molecular formula is C33H28N6O9. The van der Waals surface area contributed by atoms with Crippen LogP contribution in [-0.4, -0.2) is 55.3 Å². The molecule has 0 heterocycles. The van der Waals surface area contributed by atoms with E-state index < -0.39 is 41.8 Å². The molecule has 48 heavy (non-hydrogen) atoms. The quantitative estimate of drug-likeness (QED) is 0.127. The Kier molecular flexibility index (Phi) is 9.58. The van der Waals surface area contributed by atoms with E-state index >= 15 is 0 Å². The van der Waals surface area contributed by atoms with Gasteiger partial charge in [0.2, 0.25) is 18.2 Å². The number of hydrogen-bond acceptors (Lipinski definition) is 12. The number of ether oxygens (including phenoxy) is 3. The molecule has 15 heteroatoms. The smallest absolute Gasteiger partial charge is 0.411 e. The highest BCUT2D eigenvalue weighted by molar-refractivity contribution is 5.88. The second-order valence-electron chi connectivity index (χ2n) is 11.3. The standard InChI is InChI=1S/C33H28N6O9/c1-18-4-7-21(10-25(18)34-15-40)37-30(43)46-14-33-13-24(28(33)47-31(44)38-22-8-5-19(2)26(11-22)35-16-41)29(33)48-32(45)39-23-9-6-20(3)27(12-23)36-17-42/h4-12,24,28-29H,13-14H2,1-3H3,(H,37,43)(H,38,44)(H,39,45). The van der Waals surface area contributed by atoms with Crippen LogP contribution in [-0.2, 0) is 28.6 Å². The fourth-order valence-corrected chi connectivity index (χ4v) is 5.70. The number of anilines is 3. The Bertz CT molecular complexity index is 1850. The van der Waals surface area contributed by atoms with Crippen LogP contribution in [0.3, 0.4) is 0 Å². The van der Waals surface area contributed by atoms with Crippen molar-refractivity contribution < 1.29 is 43.0 Å². The number of nitrogens with one attached hydrogen (secondary N) is 3. The molecule has 3 N–H and O–H groups in total. The minimum atomic E-state index is -1.06. The van der Waals surface area contributed by atoms with E-state index in [2.05, 4.69) is 30.9 Å². The van der Waals surface area contributed by atoms with E-state index in [4.69, 9.17) is 14.2 Å². The molecule has 15 nitrogen and oxygen atoms in total. The number of isocyanates is 3. The number of benzene rings is 3. The van der Waals surface area contributed by atoms with Gasteiger partial charge in [0.25, 0.3) is 0 Å². The van der Waals surface area contributed by atoms with Crippen LogP contribution in [0.1, 0.15) is 23.1 Å². The van der Waals surface area contributed by atoms with Gasteiger partial charge in [0.15, 0.2) is 0 Å². The minimum absolute atomic E-state index is 0.276. The summed E-state index contributed by atoms with van der Waals surface area (Å²) in [6.07, 6.45) is 0.772. The predicted octanol–water partition coefficient (Wildman–Crippen LogP) is 6.32. The highest BCUT2D eigenvalue weighted by atomic mass is 16.6. The van der Waals surface area contributed by atoms with Crippen molar-refractivity contribution in [2.75, 3.05) is 22.6 Å². The zero-order valence-electron chi connectivity index (χ0n) is 25.9. The summed E-state index contributed by atoms with van der Waals surface area (Å²) in [5, 5.41) is 7.73. The molecule has 3 aromatic carbocycles. The molecule has 0 aliphatic heterocycles. The first-order valence-electron chi connectivity index (χ1n) is 14.5. The van der Waals surface area contributed by atoms with Crippen molar-refractivity contribution in [3.05, 3.63) is 71.3 Å². The van der Waals surface area contributed by atoms with Crippen LogP contribution in [0, 0.1) is 32.1 Å². The SMILES string of the molecule is Cc1ccc(NC(=O)OCC23CC(C2OC(=O)Nc2ccc(C)c(N=C=O)c2)C3OC(=O)Nc2ccc(C)c(N=C=O)c2)cc1N=C=O. The van der Waals surface area contributed by atoms with Crippen molar-refractivity contribution in [3.63, 3.8) is 0 Å². The van der Waals surface area contributed by atoms with Gasteiger partial charge >= 0.3 is 18.3 Å². The van der Waals surface area contributed by atoms with Crippen LogP contribution in [0.25, 0.3) is 0 Å². The number of carbonyl (C=O) groups is 3. The van der Waals surface area contributed by atoms with E-state index in [1.54, 1.807) is 57.2 Å². The summed E-state index contributed by atoms with van der Waals surface area (Å²) in [5.41, 5.74) is 2.93. The van der Waals surface area contributed by atoms with Crippen LogP contribution in [0.4, 0.5) is 48.5 Å². The average Bonchev–Trinajstić information content (AvgIpc) is 3.03. The molecule has 244 valence electrons. The number of aryl methyl sites for hydroxylation is 3. The lowest BCUT2D eigenvalue weighted by Gasteiger charge is -2.69. The summed E-state index contributed by atoms with van der Waals surface area (Å²) in [4.78, 5) is 81.6. The van der Waals surface area contributed by atoms with Crippen molar-refractivity contribution in [1.29, 1.82) is 0 Å². The van der Waals surface area contributed by atoms with Gasteiger partial charge in [-0.25, -0.2) is 28.8 Å². The molecule has 3 amide bonds. The van der Waals surface area contributed by atoms with Crippen molar-refractivity contribution in [3.8, 4) is 0 Å². The monoisotopic (exact) mass is 652 g/mol. The van der Waals surface area contributed by atoms with Gasteiger partial charge in [0.1, 0.15) is 18.8 Å². The Balaban J connectivity index is 1.28. The molecule has 3 aliphatic rings. The molecule has 3 aliphatic carbocycles. The summed E-state index contributed by atoms with van der Waals surface area (Å²) >= 11 is 0. The molecule has 2 bridgehead atoms. The molecule has 0 spiro atoms. The molecule has 3 fully saturated rings. The normalized spacial score (nSPS) is 19.7. The second-order valence-corrected chi connectivity index (χ2v) is 11.3. The summed E-state index contributed by atoms with van der Waals surface area (Å²) in [6.45, 7) is 4.94. The number of hydrogen-bond donors (Lipinski definition) is 3. The van der Waals surface area contributed by atoms with Gasteiger partial charge in [0.05, 0.1) is 22.5 Å². The van der Waals surface area contributed by atoms with Crippen molar-refractivity contribution >= 4 is 70.6 Å². The largest absolute Gasteiger partial charge is 0.448 e. The number of nitrogens with zero attached hydrogens (tertiary/aromatic N) is 3. The van der Waals surface area contributed by atoms with E-state index in [-0.39, 0.29) is 6.61 Å². The van der Waals surface area contributed by atoms with Crippen LogP contribution in [0.5, 0.6) is 0 Å². The van der Waals surface area contributed by atoms with Crippen molar-refractivity contribution in [2.45, 2.75) is 39.4 Å². The first-order valence-corrected chi connectivity index (χ1v) is 14.5. The average molecular weight is 653 g/mol. The van der Waals surface area contributed by atoms with E-state index in [1.807, 2.05) is 0 Å². The first-order chi connectivity index (χ1) is 23.1. The summed E-state index contributed by atoms with van der Waals surface area (Å²) in [5.74, 6) is -0.393. The molecule has 2 unspecified atom stereocenters. The molecular weight excluding hydrogens is 624 g/mol. The lowest BCUT2D eigenvalue weighted by atomic mass is 9.40. The van der Waals surface area contributed by atoms with Crippen molar-refractivity contribution in [1.82, 2.24) is 0 Å². The highest BCUT2D eigenvalue weighted by Gasteiger charge is 2.78. The second kappa shape index (κ2) is 13.9. The number of aliphatic imine (C=N–C) groups is 3. The Morgan fingerprint density at radius 1 is 0.667 bits per heavy atom. The molecule has 6 rings (SSSR count). The fourth-order valence-electron chi connectivity index (χ4n) is 5.70. The molecule has 3 aromatic rings. The Hall–Kier alpha value is -6.39. The summed E-state index contributed by atoms with van der Waals surface area (Å²) in [7, 11) is 0. The van der Waals surface area contributed by atoms with E-state index in [0.29, 0.717) is 57.2 Å². The molecule has 0 radical (unpaired) electrons. The first kappa shape index (κ1) is 33.0. The van der Waals surface area contributed by atoms with Crippen molar-refractivity contribution in [2.24, 2.45) is 26.3 Å².